The zero-order valence-corrected chi connectivity index (χ0v) is 20.3. The smallest absolute Gasteiger partial charge is 0.327 e. The fourth-order valence-electron chi connectivity index (χ4n) is 5.11. The second-order valence-corrected chi connectivity index (χ2v) is 10.5. The average Bonchev–Trinajstić information content (AvgIpc) is 3.33. The first-order valence-corrected chi connectivity index (χ1v) is 13.3. The van der Waals surface area contributed by atoms with Crippen LogP contribution in [0.1, 0.15) is 57.4 Å². The predicted octanol–water partition coefficient (Wildman–Crippen LogP) is 4.56. The highest BCUT2D eigenvalue weighted by Gasteiger charge is 2.47. The highest BCUT2D eigenvalue weighted by molar-refractivity contribution is 8.03. The molecule has 1 saturated carbocycles. The first-order valence-electron chi connectivity index (χ1n) is 12.3. The van der Waals surface area contributed by atoms with Crippen molar-refractivity contribution in [1.29, 1.82) is 0 Å². The van der Waals surface area contributed by atoms with Crippen molar-refractivity contribution in [2.24, 2.45) is 11.8 Å². The van der Waals surface area contributed by atoms with E-state index in [1.807, 2.05) is 46.7 Å². The van der Waals surface area contributed by atoms with Crippen molar-refractivity contribution >= 4 is 29.6 Å². The summed E-state index contributed by atoms with van der Waals surface area (Å²) < 4.78 is 0. The fraction of sp³-hybridized carbons (Fsp3) is 0.577. The maximum Gasteiger partial charge on any atom is 0.327 e. The second-order valence-electron chi connectivity index (χ2n) is 9.44. The molecule has 2 unspecified atom stereocenters. The van der Waals surface area contributed by atoms with Crippen molar-refractivity contribution in [1.82, 2.24) is 15.1 Å². The number of nitrogens with zero attached hydrogens (tertiary/aromatic N) is 2. The first-order chi connectivity index (χ1) is 16.1. The molecule has 7 heteroatoms. The van der Waals surface area contributed by atoms with Gasteiger partial charge >= 0.3 is 6.03 Å². The quantitative estimate of drug-likeness (QED) is 0.538. The van der Waals surface area contributed by atoms with Crippen LogP contribution in [0.25, 0.3) is 0 Å². The minimum Gasteiger partial charge on any atom is -0.356 e. The molecule has 0 aromatic heterocycles. The average molecular weight is 470 g/mol. The third kappa shape index (κ3) is 5.62. The molecule has 4 rings (SSSR count). The van der Waals surface area contributed by atoms with Crippen LogP contribution in [0.2, 0.25) is 0 Å². The van der Waals surface area contributed by atoms with E-state index in [4.69, 9.17) is 0 Å². The highest BCUT2D eigenvalue weighted by atomic mass is 32.2. The maximum absolute atomic E-state index is 13.4. The largest absolute Gasteiger partial charge is 0.356 e. The summed E-state index contributed by atoms with van der Waals surface area (Å²) in [6.45, 7) is 3.87. The van der Waals surface area contributed by atoms with Gasteiger partial charge in [-0.2, -0.15) is 0 Å². The highest BCUT2D eigenvalue weighted by Crippen LogP contribution is 2.37. The first kappa shape index (κ1) is 23.9. The second kappa shape index (κ2) is 11.2. The number of unbranched alkanes of at least 4 members (excludes halogenated alkanes) is 2. The molecule has 33 heavy (non-hydrogen) atoms. The van der Waals surface area contributed by atoms with Crippen LogP contribution in [0.4, 0.5) is 4.79 Å². The zero-order valence-electron chi connectivity index (χ0n) is 19.4. The van der Waals surface area contributed by atoms with Gasteiger partial charge in [-0.25, -0.2) is 4.79 Å². The number of carbonyl (C=O) groups excluding carboxylic acids is 3. The number of hydrogen-bond acceptors (Lipinski definition) is 4. The Morgan fingerprint density at radius 3 is 2.58 bits per heavy atom. The summed E-state index contributed by atoms with van der Waals surface area (Å²) in [6, 6.07) is 9.58. The molecule has 0 spiro atoms. The number of nitrogens with one attached hydrogen (secondary N) is 1. The van der Waals surface area contributed by atoms with Crippen LogP contribution in [-0.4, -0.2) is 52.0 Å². The molecular formula is C26H35N3O3S. The third-order valence-corrected chi connectivity index (χ3v) is 8.18. The van der Waals surface area contributed by atoms with Gasteiger partial charge in [0.1, 0.15) is 5.25 Å². The van der Waals surface area contributed by atoms with Crippen LogP contribution in [-0.2, 0) is 16.1 Å². The minimum atomic E-state index is -0.253. The van der Waals surface area contributed by atoms with Crippen LogP contribution in [0, 0.1) is 11.8 Å². The van der Waals surface area contributed by atoms with Gasteiger partial charge in [-0.15, -0.1) is 11.8 Å². The molecule has 2 heterocycles. The van der Waals surface area contributed by atoms with Gasteiger partial charge < -0.3 is 10.2 Å². The molecule has 3 aliphatic rings. The lowest BCUT2D eigenvalue weighted by Gasteiger charge is -2.43. The summed E-state index contributed by atoms with van der Waals surface area (Å²) in [5.74, 6) is 0.417. The van der Waals surface area contributed by atoms with Gasteiger partial charge in [0.25, 0.3) is 0 Å². The minimum absolute atomic E-state index is 0.0594. The number of urea groups is 1. The van der Waals surface area contributed by atoms with E-state index >= 15 is 0 Å². The Bertz CT molecular complexity index is 867. The molecule has 1 aromatic rings. The molecule has 2 atom stereocenters. The Kier molecular flexibility index (Phi) is 8.12. The molecule has 0 radical (unpaired) electrons. The SMILES string of the molecule is CCCCCNC(=O)C1CCC(CN2C(=O)C3SC=CC3N(Cc3ccccc3)C2=O)CC1. The number of rotatable bonds is 9. The van der Waals surface area contributed by atoms with E-state index in [9.17, 15) is 14.4 Å². The van der Waals surface area contributed by atoms with E-state index in [1.54, 1.807) is 0 Å². The van der Waals surface area contributed by atoms with Gasteiger partial charge in [-0.05, 0) is 49.0 Å². The Balaban J connectivity index is 1.34. The summed E-state index contributed by atoms with van der Waals surface area (Å²) in [5, 5.41) is 4.78. The lowest BCUT2D eigenvalue weighted by molar-refractivity contribution is -0.132. The molecule has 2 aliphatic heterocycles. The monoisotopic (exact) mass is 469 g/mol. The van der Waals surface area contributed by atoms with Crippen LogP contribution < -0.4 is 5.32 Å². The normalized spacial score (nSPS) is 27.1. The van der Waals surface area contributed by atoms with E-state index in [0.29, 0.717) is 13.1 Å². The number of hydrogen-bond donors (Lipinski definition) is 1. The van der Waals surface area contributed by atoms with Crippen molar-refractivity contribution in [2.75, 3.05) is 13.1 Å². The van der Waals surface area contributed by atoms with Crippen LogP contribution in [0.5, 0.6) is 0 Å². The number of carbonyl (C=O) groups is 3. The molecule has 178 valence electrons. The standard InChI is InChI=1S/C26H35N3O3S/c1-2-3-7-15-27-24(30)21-12-10-20(11-13-21)18-29-25(31)23-22(14-16-33-23)28(26(29)32)17-19-8-5-4-6-9-19/h4-6,8-9,14,16,20-23H,2-3,7,10-13,15,17-18H2,1H3,(H,27,30). The molecule has 2 fully saturated rings. The van der Waals surface area contributed by atoms with Gasteiger partial charge in [-0.1, -0.05) is 56.2 Å². The molecule has 6 nitrogen and oxygen atoms in total. The van der Waals surface area contributed by atoms with Crippen molar-refractivity contribution in [3.05, 3.63) is 47.4 Å². The lowest BCUT2D eigenvalue weighted by Crippen LogP contribution is -2.62. The molecule has 1 aromatic carbocycles. The number of fused-ring (bicyclic) bond motifs is 1. The van der Waals surface area contributed by atoms with Gasteiger partial charge in [0.2, 0.25) is 11.8 Å². The van der Waals surface area contributed by atoms with E-state index in [1.165, 1.54) is 16.7 Å². The van der Waals surface area contributed by atoms with Crippen LogP contribution >= 0.6 is 11.8 Å². The fourth-order valence-corrected chi connectivity index (χ4v) is 6.17. The van der Waals surface area contributed by atoms with Crippen molar-refractivity contribution in [2.45, 2.75) is 69.7 Å². The van der Waals surface area contributed by atoms with Gasteiger partial charge in [0.05, 0.1) is 6.04 Å². The van der Waals surface area contributed by atoms with Gasteiger partial charge in [0.15, 0.2) is 0 Å². The van der Waals surface area contributed by atoms with Crippen molar-refractivity contribution in [3.63, 3.8) is 0 Å². The number of benzene rings is 1. The topological polar surface area (TPSA) is 69.7 Å². The molecule has 4 amide bonds. The van der Waals surface area contributed by atoms with E-state index < -0.39 is 0 Å². The molecular weight excluding hydrogens is 434 g/mol. The summed E-state index contributed by atoms with van der Waals surface area (Å²) in [4.78, 5) is 42.4. The third-order valence-electron chi connectivity index (χ3n) is 7.09. The molecule has 1 aliphatic carbocycles. The predicted molar refractivity (Wildman–Crippen MR) is 131 cm³/mol. The maximum atomic E-state index is 13.4. The summed E-state index contributed by atoms with van der Waals surface area (Å²) in [6.07, 6.45) is 8.72. The number of amides is 4. The Morgan fingerprint density at radius 1 is 1.09 bits per heavy atom. The molecule has 1 saturated heterocycles. The Labute approximate surface area is 201 Å². The Hall–Kier alpha value is -2.28. The zero-order chi connectivity index (χ0) is 23.2. The Morgan fingerprint density at radius 2 is 1.85 bits per heavy atom. The summed E-state index contributed by atoms with van der Waals surface area (Å²) >= 11 is 1.51. The molecule has 1 N–H and O–H groups in total. The van der Waals surface area contributed by atoms with E-state index in [0.717, 1.165) is 57.1 Å². The number of imide groups is 1. The lowest BCUT2D eigenvalue weighted by atomic mass is 9.81. The van der Waals surface area contributed by atoms with Gasteiger partial charge in [0, 0.05) is 25.6 Å². The van der Waals surface area contributed by atoms with Crippen LogP contribution in [0.15, 0.2) is 41.8 Å². The van der Waals surface area contributed by atoms with Crippen molar-refractivity contribution < 1.29 is 14.4 Å². The summed E-state index contributed by atoms with van der Waals surface area (Å²) in [5.41, 5.74) is 1.06. The number of thioether (sulfide) groups is 1. The van der Waals surface area contributed by atoms with Crippen molar-refractivity contribution in [3.8, 4) is 0 Å². The van der Waals surface area contributed by atoms with Gasteiger partial charge in [-0.3, -0.25) is 14.5 Å². The van der Waals surface area contributed by atoms with E-state index in [-0.39, 0.29) is 41.0 Å². The van der Waals surface area contributed by atoms with E-state index in [2.05, 4.69) is 12.2 Å². The summed E-state index contributed by atoms with van der Waals surface area (Å²) in [7, 11) is 0. The van der Waals surface area contributed by atoms with Crippen LogP contribution in [0.3, 0.4) is 0 Å². The molecule has 0 bridgehead atoms.